The predicted molar refractivity (Wildman–Crippen MR) is 98.2 cm³/mol. The SMILES string of the molecule is O=C1CCC(=O)N1c1ccccc1C1CNCc2c(Cl)cc(Cl)cc21. The molecule has 1 saturated heterocycles. The lowest BCUT2D eigenvalue weighted by Gasteiger charge is -2.30. The van der Waals surface area contributed by atoms with Crippen molar-refractivity contribution < 1.29 is 9.59 Å². The number of halogens is 2. The molecule has 0 aliphatic carbocycles. The van der Waals surface area contributed by atoms with Gasteiger partial charge in [-0.15, -0.1) is 0 Å². The molecule has 2 amide bonds. The van der Waals surface area contributed by atoms with Crippen molar-refractivity contribution in [3.8, 4) is 0 Å². The lowest BCUT2D eigenvalue weighted by molar-refractivity contribution is -0.121. The number of carbonyl (C=O) groups is 2. The molecular formula is C19H16Cl2N2O2. The first kappa shape index (κ1) is 16.6. The Hall–Kier alpha value is -1.88. The summed E-state index contributed by atoms with van der Waals surface area (Å²) in [5, 5.41) is 4.59. The Morgan fingerprint density at radius 3 is 2.48 bits per heavy atom. The van der Waals surface area contributed by atoms with Gasteiger partial charge in [-0.2, -0.15) is 0 Å². The summed E-state index contributed by atoms with van der Waals surface area (Å²) in [5.41, 5.74) is 3.64. The number of nitrogens with zero attached hydrogens (tertiary/aromatic N) is 1. The van der Waals surface area contributed by atoms with E-state index in [9.17, 15) is 9.59 Å². The fourth-order valence-corrected chi connectivity index (χ4v) is 4.26. The molecule has 6 heteroatoms. The number of hydrogen-bond donors (Lipinski definition) is 1. The van der Waals surface area contributed by atoms with Crippen molar-refractivity contribution in [2.45, 2.75) is 25.3 Å². The van der Waals surface area contributed by atoms with E-state index >= 15 is 0 Å². The van der Waals surface area contributed by atoms with Gasteiger partial charge in [0.05, 0.1) is 5.69 Å². The van der Waals surface area contributed by atoms with Crippen LogP contribution in [0.2, 0.25) is 10.0 Å². The summed E-state index contributed by atoms with van der Waals surface area (Å²) < 4.78 is 0. The van der Waals surface area contributed by atoms with Gasteiger partial charge in [-0.05, 0) is 34.9 Å². The van der Waals surface area contributed by atoms with Crippen LogP contribution in [0.1, 0.15) is 35.4 Å². The maximum Gasteiger partial charge on any atom is 0.234 e. The molecule has 0 radical (unpaired) electrons. The first-order valence-corrected chi connectivity index (χ1v) is 8.95. The summed E-state index contributed by atoms with van der Waals surface area (Å²) in [6.07, 6.45) is 0.536. The fourth-order valence-electron chi connectivity index (χ4n) is 3.68. The van der Waals surface area contributed by atoms with E-state index in [1.54, 1.807) is 6.07 Å². The van der Waals surface area contributed by atoms with Crippen LogP contribution < -0.4 is 10.2 Å². The minimum Gasteiger partial charge on any atom is -0.312 e. The first-order chi connectivity index (χ1) is 12.1. The average Bonchev–Trinajstić information content (AvgIpc) is 2.93. The van der Waals surface area contributed by atoms with E-state index in [0.717, 1.165) is 16.7 Å². The van der Waals surface area contributed by atoms with Crippen molar-refractivity contribution in [3.63, 3.8) is 0 Å². The molecule has 1 atom stereocenters. The van der Waals surface area contributed by atoms with Crippen LogP contribution in [0.4, 0.5) is 5.69 Å². The third-order valence-corrected chi connectivity index (χ3v) is 5.38. The second-order valence-corrected chi connectivity index (χ2v) is 7.16. The van der Waals surface area contributed by atoms with Crippen LogP contribution in [0.25, 0.3) is 0 Å². The standard InChI is InChI=1S/C19H16Cl2N2O2/c20-11-7-13-14(9-22-10-15(13)16(21)8-11)12-3-1-2-4-17(12)23-18(24)5-6-19(23)25/h1-4,7-8,14,22H,5-6,9-10H2. The topological polar surface area (TPSA) is 49.4 Å². The van der Waals surface area contributed by atoms with Crippen LogP contribution in [-0.2, 0) is 16.1 Å². The number of fused-ring (bicyclic) bond motifs is 1. The lowest BCUT2D eigenvalue weighted by Crippen LogP contribution is -2.33. The maximum absolute atomic E-state index is 12.2. The number of benzene rings is 2. The third-order valence-electron chi connectivity index (χ3n) is 4.83. The third kappa shape index (κ3) is 2.84. The molecule has 2 aliphatic rings. The Morgan fingerprint density at radius 1 is 1.00 bits per heavy atom. The number of para-hydroxylation sites is 1. The van der Waals surface area contributed by atoms with Crippen LogP contribution in [0, 0.1) is 0 Å². The van der Waals surface area contributed by atoms with Crippen LogP contribution in [0.15, 0.2) is 36.4 Å². The molecule has 1 unspecified atom stereocenters. The van der Waals surface area contributed by atoms with Crippen molar-refractivity contribution in [3.05, 3.63) is 63.1 Å². The van der Waals surface area contributed by atoms with E-state index in [0.29, 0.717) is 28.8 Å². The van der Waals surface area contributed by atoms with Gasteiger partial charge in [0.2, 0.25) is 11.8 Å². The second kappa shape index (κ2) is 6.45. The van der Waals surface area contributed by atoms with Gasteiger partial charge in [-0.3, -0.25) is 14.5 Å². The van der Waals surface area contributed by atoms with Gasteiger partial charge in [-0.25, -0.2) is 0 Å². The number of carbonyl (C=O) groups excluding carboxylic acids is 2. The molecular weight excluding hydrogens is 359 g/mol. The highest BCUT2D eigenvalue weighted by atomic mass is 35.5. The summed E-state index contributed by atoms with van der Waals surface area (Å²) in [4.78, 5) is 25.8. The molecule has 4 nitrogen and oxygen atoms in total. The Bertz CT molecular complexity index is 866. The van der Waals surface area contributed by atoms with E-state index in [2.05, 4.69) is 5.32 Å². The highest BCUT2D eigenvalue weighted by molar-refractivity contribution is 6.35. The molecule has 2 aromatic rings. The zero-order chi connectivity index (χ0) is 17.6. The minimum atomic E-state index is -0.148. The monoisotopic (exact) mass is 374 g/mol. The van der Waals surface area contributed by atoms with Crippen LogP contribution >= 0.6 is 23.2 Å². The molecule has 0 spiro atoms. The highest BCUT2D eigenvalue weighted by Gasteiger charge is 2.34. The molecule has 2 aliphatic heterocycles. The van der Waals surface area contributed by atoms with Gasteiger partial charge in [-0.1, -0.05) is 41.4 Å². The van der Waals surface area contributed by atoms with E-state index in [1.165, 1.54) is 4.90 Å². The highest BCUT2D eigenvalue weighted by Crippen LogP contribution is 2.40. The van der Waals surface area contributed by atoms with Crippen molar-refractivity contribution >= 4 is 40.7 Å². The Balaban J connectivity index is 1.86. The van der Waals surface area contributed by atoms with E-state index in [4.69, 9.17) is 23.2 Å². The van der Waals surface area contributed by atoms with Gasteiger partial charge < -0.3 is 5.32 Å². The smallest absolute Gasteiger partial charge is 0.234 e. The molecule has 2 aromatic carbocycles. The zero-order valence-corrected chi connectivity index (χ0v) is 14.9. The fraction of sp³-hybridized carbons (Fsp3) is 0.263. The Morgan fingerprint density at radius 2 is 1.72 bits per heavy atom. The van der Waals surface area contributed by atoms with E-state index in [1.807, 2.05) is 30.3 Å². The summed E-state index contributed by atoms with van der Waals surface area (Å²) in [6, 6.07) is 11.2. The molecule has 25 heavy (non-hydrogen) atoms. The van der Waals surface area contributed by atoms with Gasteiger partial charge >= 0.3 is 0 Å². The molecule has 0 aromatic heterocycles. The summed E-state index contributed by atoms with van der Waals surface area (Å²) >= 11 is 12.6. The minimum absolute atomic E-state index is 0.0302. The van der Waals surface area contributed by atoms with Crippen molar-refractivity contribution in [1.82, 2.24) is 5.32 Å². The normalized spacial score (nSPS) is 20.1. The van der Waals surface area contributed by atoms with Crippen LogP contribution in [-0.4, -0.2) is 18.4 Å². The van der Waals surface area contributed by atoms with E-state index < -0.39 is 0 Å². The van der Waals surface area contributed by atoms with Crippen molar-refractivity contribution in [2.75, 3.05) is 11.4 Å². The summed E-state index contributed by atoms with van der Waals surface area (Å²) in [7, 11) is 0. The number of amides is 2. The zero-order valence-electron chi connectivity index (χ0n) is 13.4. The lowest BCUT2D eigenvalue weighted by atomic mass is 9.84. The largest absolute Gasteiger partial charge is 0.312 e. The average molecular weight is 375 g/mol. The van der Waals surface area contributed by atoms with Gasteiger partial charge in [0.1, 0.15) is 0 Å². The molecule has 0 saturated carbocycles. The Labute approximate surface area is 155 Å². The van der Waals surface area contributed by atoms with E-state index in [-0.39, 0.29) is 30.6 Å². The maximum atomic E-state index is 12.2. The van der Waals surface area contributed by atoms with Gasteiger partial charge in [0.15, 0.2) is 0 Å². The molecule has 0 bridgehead atoms. The summed E-state index contributed by atoms with van der Waals surface area (Å²) in [5.74, 6) is -0.325. The molecule has 4 rings (SSSR count). The van der Waals surface area contributed by atoms with Crippen molar-refractivity contribution in [2.24, 2.45) is 0 Å². The number of anilines is 1. The molecule has 1 N–H and O–H groups in total. The van der Waals surface area contributed by atoms with Crippen LogP contribution in [0.5, 0.6) is 0 Å². The molecule has 128 valence electrons. The quantitative estimate of drug-likeness (QED) is 0.811. The number of rotatable bonds is 2. The number of nitrogens with one attached hydrogen (secondary N) is 1. The summed E-state index contributed by atoms with van der Waals surface area (Å²) in [6.45, 7) is 1.36. The Kier molecular flexibility index (Phi) is 4.28. The van der Waals surface area contributed by atoms with Gasteiger partial charge in [0.25, 0.3) is 0 Å². The number of imide groups is 1. The predicted octanol–water partition coefficient (Wildman–Crippen LogP) is 3.88. The molecule has 1 fully saturated rings. The second-order valence-electron chi connectivity index (χ2n) is 6.32. The van der Waals surface area contributed by atoms with Gasteiger partial charge in [0, 0.05) is 41.9 Å². The number of hydrogen-bond acceptors (Lipinski definition) is 3. The first-order valence-electron chi connectivity index (χ1n) is 8.19. The van der Waals surface area contributed by atoms with Crippen LogP contribution in [0.3, 0.4) is 0 Å². The van der Waals surface area contributed by atoms with Crippen molar-refractivity contribution in [1.29, 1.82) is 0 Å². The molecule has 2 heterocycles.